The van der Waals surface area contributed by atoms with Crippen molar-refractivity contribution >= 4 is 12.0 Å². The van der Waals surface area contributed by atoms with Gasteiger partial charge in [-0.15, -0.1) is 0 Å². The number of carboxylic acids is 1. The molecule has 0 bridgehead atoms. The van der Waals surface area contributed by atoms with Crippen LogP contribution in [0.1, 0.15) is 33.1 Å². The topological polar surface area (TPSA) is 87.7 Å². The number of carboxylic acid groups (broad SMARTS) is 1. The number of nitrogens with one attached hydrogen (secondary N) is 2. The molecule has 0 rings (SSSR count). The maximum Gasteiger partial charge on any atom is 0.314 e. The number of hydrogen-bond donors (Lipinski definition) is 3. The molecule has 1 unspecified atom stereocenters. The summed E-state index contributed by atoms with van der Waals surface area (Å²) in [7, 11) is 0. The minimum absolute atomic E-state index is 0.147. The Morgan fingerprint density at radius 3 is 2.50 bits per heavy atom. The van der Waals surface area contributed by atoms with E-state index in [0.29, 0.717) is 26.2 Å². The van der Waals surface area contributed by atoms with Crippen LogP contribution in [0.5, 0.6) is 0 Å². The van der Waals surface area contributed by atoms with Gasteiger partial charge in [-0.1, -0.05) is 20.3 Å². The van der Waals surface area contributed by atoms with Gasteiger partial charge in [-0.3, -0.25) is 4.79 Å². The average Bonchev–Trinajstić information content (AvgIpc) is 2.34. The van der Waals surface area contributed by atoms with Crippen molar-refractivity contribution in [2.24, 2.45) is 5.92 Å². The molecule has 0 heterocycles. The lowest BCUT2D eigenvalue weighted by Gasteiger charge is -2.12. The van der Waals surface area contributed by atoms with Crippen molar-refractivity contribution in [1.82, 2.24) is 10.6 Å². The van der Waals surface area contributed by atoms with Crippen molar-refractivity contribution in [3.8, 4) is 0 Å². The fraction of sp³-hybridized carbons (Fsp3) is 0.833. The van der Waals surface area contributed by atoms with E-state index >= 15 is 0 Å². The fourth-order valence-electron chi connectivity index (χ4n) is 1.27. The largest absolute Gasteiger partial charge is 0.481 e. The number of carbonyl (C=O) groups excluding carboxylic acids is 1. The molecule has 6 heteroatoms. The highest BCUT2D eigenvalue weighted by Crippen LogP contribution is 1.99. The van der Waals surface area contributed by atoms with Gasteiger partial charge < -0.3 is 20.5 Å². The van der Waals surface area contributed by atoms with Crippen LogP contribution in [0.15, 0.2) is 0 Å². The van der Waals surface area contributed by atoms with Gasteiger partial charge in [0.15, 0.2) is 0 Å². The SMILES string of the molecule is CCCCOCCNC(=O)NCC(CC)C(=O)O. The zero-order chi connectivity index (χ0) is 13.8. The highest BCUT2D eigenvalue weighted by Gasteiger charge is 2.15. The van der Waals surface area contributed by atoms with Gasteiger partial charge in [0.1, 0.15) is 0 Å². The molecule has 1 atom stereocenters. The molecular weight excluding hydrogens is 236 g/mol. The lowest BCUT2D eigenvalue weighted by molar-refractivity contribution is -0.141. The molecule has 0 radical (unpaired) electrons. The molecule has 0 aliphatic carbocycles. The third-order valence-corrected chi connectivity index (χ3v) is 2.53. The van der Waals surface area contributed by atoms with Crippen LogP contribution in [0.3, 0.4) is 0 Å². The van der Waals surface area contributed by atoms with Gasteiger partial charge in [-0.05, 0) is 12.8 Å². The van der Waals surface area contributed by atoms with E-state index in [4.69, 9.17) is 9.84 Å². The molecule has 0 saturated carbocycles. The van der Waals surface area contributed by atoms with Gasteiger partial charge in [0.2, 0.25) is 0 Å². The summed E-state index contributed by atoms with van der Waals surface area (Å²) in [5, 5.41) is 13.9. The molecule has 0 aromatic rings. The molecule has 0 fully saturated rings. The second kappa shape index (κ2) is 10.8. The molecule has 0 aliphatic rings. The molecule has 0 spiro atoms. The molecule has 0 aliphatic heterocycles. The van der Waals surface area contributed by atoms with Crippen molar-refractivity contribution in [2.75, 3.05) is 26.3 Å². The van der Waals surface area contributed by atoms with Gasteiger partial charge in [0, 0.05) is 19.7 Å². The van der Waals surface area contributed by atoms with E-state index < -0.39 is 11.9 Å². The predicted molar refractivity (Wildman–Crippen MR) is 68.5 cm³/mol. The normalized spacial score (nSPS) is 11.9. The van der Waals surface area contributed by atoms with Crippen LogP contribution in [0.4, 0.5) is 4.79 Å². The Morgan fingerprint density at radius 1 is 1.22 bits per heavy atom. The van der Waals surface area contributed by atoms with Crippen LogP contribution in [-0.4, -0.2) is 43.4 Å². The van der Waals surface area contributed by atoms with E-state index in [1.54, 1.807) is 6.92 Å². The highest BCUT2D eigenvalue weighted by atomic mass is 16.5. The maximum atomic E-state index is 11.3. The molecular formula is C12H24N2O4. The summed E-state index contributed by atoms with van der Waals surface area (Å²) in [4.78, 5) is 22.0. The summed E-state index contributed by atoms with van der Waals surface area (Å²) in [6.07, 6.45) is 2.60. The summed E-state index contributed by atoms with van der Waals surface area (Å²) in [5.41, 5.74) is 0. The maximum absolute atomic E-state index is 11.3. The van der Waals surface area contributed by atoms with E-state index in [1.165, 1.54) is 0 Å². The third-order valence-electron chi connectivity index (χ3n) is 2.53. The van der Waals surface area contributed by atoms with Crippen LogP contribution in [0.25, 0.3) is 0 Å². The molecule has 0 saturated heterocycles. The van der Waals surface area contributed by atoms with Crippen LogP contribution < -0.4 is 10.6 Å². The van der Waals surface area contributed by atoms with Crippen molar-refractivity contribution in [3.05, 3.63) is 0 Å². The number of urea groups is 1. The molecule has 106 valence electrons. The second-order valence-corrected chi connectivity index (χ2v) is 4.05. The van der Waals surface area contributed by atoms with Gasteiger partial charge in [-0.25, -0.2) is 4.79 Å². The first kappa shape index (κ1) is 16.7. The molecule has 6 nitrogen and oxygen atoms in total. The highest BCUT2D eigenvalue weighted by molar-refractivity contribution is 5.75. The van der Waals surface area contributed by atoms with Crippen molar-refractivity contribution < 1.29 is 19.4 Å². The summed E-state index contributed by atoms with van der Waals surface area (Å²) < 4.78 is 5.27. The first-order valence-corrected chi connectivity index (χ1v) is 6.44. The molecule has 0 aromatic carbocycles. The van der Waals surface area contributed by atoms with Crippen LogP contribution in [0, 0.1) is 5.92 Å². The van der Waals surface area contributed by atoms with E-state index in [0.717, 1.165) is 12.8 Å². The first-order valence-electron chi connectivity index (χ1n) is 6.44. The molecule has 0 aromatic heterocycles. The summed E-state index contributed by atoms with van der Waals surface area (Å²) in [6, 6.07) is -0.353. The number of amides is 2. The monoisotopic (exact) mass is 260 g/mol. The van der Waals surface area contributed by atoms with E-state index in [-0.39, 0.29) is 12.6 Å². The fourth-order valence-corrected chi connectivity index (χ4v) is 1.27. The Kier molecular flexibility index (Phi) is 10.0. The minimum atomic E-state index is -0.888. The quantitative estimate of drug-likeness (QED) is 0.515. The van der Waals surface area contributed by atoms with Crippen LogP contribution in [0.2, 0.25) is 0 Å². The molecule has 2 amide bonds. The van der Waals surface area contributed by atoms with Crippen molar-refractivity contribution in [2.45, 2.75) is 33.1 Å². The lowest BCUT2D eigenvalue weighted by atomic mass is 10.1. The van der Waals surface area contributed by atoms with Gasteiger partial charge in [0.05, 0.1) is 12.5 Å². The number of rotatable bonds is 10. The Morgan fingerprint density at radius 2 is 1.94 bits per heavy atom. The summed E-state index contributed by atoms with van der Waals surface area (Å²) >= 11 is 0. The van der Waals surface area contributed by atoms with Crippen molar-refractivity contribution in [1.29, 1.82) is 0 Å². The number of ether oxygens (including phenoxy) is 1. The van der Waals surface area contributed by atoms with Crippen LogP contribution >= 0.6 is 0 Å². The molecule has 18 heavy (non-hydrogen) atoms. The molecule has 3 N–H and O–H groups in total. The third kappa shape index (κ3) is 8.81. The van der Waals surface area contributed by atoms with E-state index in [2.05, 4.69) is 17.6 Å². The number of unbranched alkanes of at least 4 members (excludes halogenated alkanes) is 1. The van der Waals surface area contributed by atoms with Gasteiger partial charge in [0.25, 0.3) is 0 Å². The second-order valence-electron chi connectivity index (χ2n) is 4.05. The Balaban J connectivity index is 3.50. The van der Waals surface area contributed by atoms with E-state index in [1.807, 2.05) is 0 Å². The van der Waals surface area contributed by atoms with Crippen molar-refractivity contribution in [3.63, 3.8) is 0 Å². The van der Waals surface area contributed by atoms with Gasteiger partial charge >= 0.3 is 12.0 Å². The lowest BCUT2D eigenvalue weighted by Crippen LogP contribution is -2.41. The predicted octanol–water partition coefficient (Wildman–Crippen LogP) is 1.21. The average molecular weight is 260 g/mol. The Hall–Kier alpha value is -1.30. The minimum Gasteiger partial charge on any atom is -0.481 e. The Bertz CT molecular complexity index is 246. The smallest absolute Gasteiger partial charge is 0.314 e. The first-order chi connectivity index (χ1) is 8.61. The standard InChI is InChI=1S/C12H24N2O4/c1-3-5-7-18-8-6-13-12(17)14-9-10(4-2)11(15)16/h10H,3-9H2,1-2H3,(H,15,16)(H2,13,14,17). The summed E-state index contributed by atoms with van der Waals surface area (Å²) in [5.74, 6) is -1.42. The van der Waals surface area contributed by atoms with Gasteiger partial charge in [-0.2, -0.15) is 0 Å². The number of aliphatic carboxylic acids is 1. The number of carbonyl (C=O) groups is 2. The zero-order valence-electron chi connectivity index (χ0n) is 11.2. The number of hydrogen-bond acceptors (Lipinski definition) is 3. The summed E-state index contributed by atoms with van der Waals surface area (Å²) in [6.45, 7) is 5.62. The van der Waals surface area contributed by atoms with Crippen LogP contribution in [-0.2, 0) is 9.53 Å². The van der Waals surface area contributed by atoms with E-state index in [9.17, 15) is 9.59 Å². The zero-order valence-corrected chi connectivity index (χ0v) is 11.2. The Labute approximate surface area is 108 Å².